The molecule has 0 aromatic heterocycles. The molecule has 0 N–H and O–H groups in total. The lowest BCUT2D eigenvalue weighted by atomic mass is 10.1. The molecule has 3 aromatic carbocycles. The van der Waals surface area contributed by atoms with Gasteiger partial charge < -0.3 is 18.9 Å². The predicted octanol–water partition coefficient (Wildman–Crippen LogP) is 6.56. The van der Waals surface area contributed by atoms with Crippen LogP contribution in [0.1, 0.15) is 18.1 Å². The summed E-state index contributed by atoms with van der Waals surface area (Å²) < 4.78 is 24.0. The largest absolute Gasteiger partial charge is 0.490 e. The Kier molecular flexibility index (Phi) is 6.99. The van der Waals surface area contributed by atoms with Crippen molar-refractivity contribution in [2.75, 3.05) is 18.3 Å². The summed E-state index contributed by atoms with van der Waals surface area (Å²) in [5.41, 5.74) is 2.49. The number of anilines is 1. The number of hydrogen-bond donors (Lipinski definition) is 0. The van der Waals surface area contributed by atoms with Gasteiger partial charge in [0.2, 0.25) is 6.79 Å². The fourth-order valence-electron chi connectivity index (χ4n) is 3.68. The molecule has 5 rings (SSSR count). The maximum absolute atomic E-state index is 13.1. The fraction of sp³-hybridized carbons (Fsp3) is 0.154. The maximum Gasteiger partial charge on any atom is 0.270 e. The van der Waals surface area contributed by atoms with Crippen molar-refractivity contribution in [1.29, 1.82) is 0 Å². The number of amides is 1. The van der Waals surface area contributed by atoms with E-state index in [-0.39, 0.29) is 12.7 Å². The molecule has 1 fully saturated rings. The number of halogens is 1. The molecular formula is C26H20BrNO5S2. The van der Waals surface area contributed by atoms with Crippen LogP contribution in [0.2, 0.25) is 0 Å². The zero-order valence-electron chi connectivity index (χ0n) is 18.7. The summed E-state index contributed by atoms with van der Waals surface area (Å²) in [6, 6.07) is 18.9. The first-order valence-electron chi connectivity index (χ1n) is 10.8. The molecule has 35 heavy (non-hydrogen) atoms. The number of hydrogen-bond acceptors (Lipinski definition) is 7. The van der Waals surface area contributed by atoms with Crippen LogP contribution in [-0.2, 0) is 11.4 Å². The first-order valence-corrected chi connectivity index (χ1v) is 12.9. The predicted molar refractivity (Wildman–Crippen MR) is 144 cm³/mol. The second kappa shape index (κ2) is 10.3. The normalized spacial score (nSPS) is 15.7. The van der Waals surface area contributed by atoms with Crippen LogP contribution in [0.5, 0.6) is 23.0 Å². The topological polar surface area (TPSA) is 57.2 Å². The molecule has 0 saturated carbocycles. The molecular weight excluding hydrogens is 550 g/mol. The molecule has 2 heterocycles. The van der Waals surface area contributed by atoms with Crippen LogP contribution in [0.25, 0.3) is 6.08 Å². The van der Waals surface area contributed by atoms with E-state index in [1.54, 1.807) is 4.90 Å². The second-order valence-electron chi connectivity index (χ2n) is 7.59. The highest BCUT2D eigenvalue weighted by Crippen LogP contribution is 2.41. The molecule has 9 heteroatoms. The Morgan fingerprint density at radius 2 is 1.89 bits per heavy atom. The first kappa shape index (κ1) is 23.7. The van der Waals surface area contributed by atoms with E-state index in [1.807, 2.05) is 73.7 Å². The monoisotopic (exact) mass is 569 g/mol. The van der Waals surface area contributed by atoms with Gasteiger partial charge in [0.15, 0.2) is 27.3 Å². The standard InChI is InChI=1S/C26H20BrNO5S2/c1-2-30-22-12-17(13-23-25(29)28(26(34)35-23)18-6-4-3-5-7-18)10-19(27)24(22)31-14-16-8-9-20-21(11-16)33-15-32-20/h3-13H,2,14-15H2,1H3/b23-13+. The molecule has 0 spiro atoms. The van der Waals surface area contributed by atoms with Gasteiger partial charge in [0.25, 0.3) is 5.91 Å². The molecule has 2 aliphatic rings. The van der Waals surface area contributed by atoms with E-state index >= 15 is 0 Å². The summed E-state index contributed by atoms with van der Waals surface area (Å²) in [6.45, 7) is 2.93. The minimum atomic E-state index is -0.150. The molecule has 2 aliphatic heterocycles. The van der Waals surface area contributed by atoms with Crippen molar-refractivity contribution in [3.05, 3.63) is 81.2 Å². The molecule has 6 nitrogen and oxygen atoms in total. The van der Waals surface area contributed by atoms with Gasteiger partial charge in [0.05, 0.1) is 21.7 Å². The molecule has 3 aromatic rings. The van der Waals surface area contributed by atoms with Crippen LogP contribution in [-0.4, -0.2) is 23.6 Å². The molecule has 0 aliphatic carbocycles. The lowest BCUT2D eigenvalue weighted by Gasteiger charge is -2.15. The molecule has 1 saturated heterocycles. The SMILES string of the molecule is CCOc1cc(/C=C2/SC(=S)N(c3ccccc3)C2=O)cc(Br)c1OCc1ccc2c(c1)OCO2. The van der Waals surface area contributed by atoms with Crippen LogP contribution in [0.15, 0.2) is 70.0 Å². The third kappa shape index (κ3) is 5.03. The Balaban J connectivity index is 1.38. The van der Waals surface area contributed by atoms with Gasteiger partial charge >= 0.3 is 0 Å². The van der Waals surface area contributed by atoms with Crippen molar-refractivity contribution in [2.45, 2.75) is 13.5 Å². The van der Waals surface area contributed by atoms with Gasteiger partial charge in [-0.3, -0.25) is 9.69 Å². The van der Waals surface area contributed by atoms with Crippen LogP contribution >= 0.6 is 39.9 Å². The number of thiocarbonyl (C=S) groups is 1. The van der Waals surface area contributed by atoms with Crippen LogP contribution < -0.4 is 23.8 Å². The zero-order chi connectivity index (χ0) is 24.4. The Hall–Kier alpha value is -3.01. The van der Waals surface area contributed by atoms with E-state index in [0.717, 1.165) is 22.6 Å². The molecule has 1 amide bonds. The number of ether oxygens (including phenoxy) is 4. The van der Waals surface area contributed by atoms with Crippen LogP contribution in [0.3, 0.4) is 0 Å². The molecule has 0 radical (unpaired) electrons. The van der Waals surface area contributed by atoms with Crippen molar-refractivity contribution < 1.29 is 23.7 Å². The van der Waals surface area contributed by atoms with Crippen molar-refractivity contribution in [3.63, 3.8) is 0 Å². The van der Waals surface area contributed by atoms with Gasteiger partial charge in [-0.15, -0.1) is 0 Å². The van der Waals surface area contributed by atoms with E-state index < -0.39 is 0 Å². The zero-order valence-corrected chi connectivity index (χ0v) is 21.9. The van der Waals surface area contributed by atoms with E-state index in [4.69, 9.17) is 31.2 Å². The third-order valence-corrected chi connectivity index (χ3v) is 7.15. The van der Waals surface area contributed by atoms with Crippen molar-refractivity contribution in [1.82, 2.24) is 0 Å². The Morgan fingerprint density at radius 3 is 2.69 bits per heavy atom. The van der Waals surface area contributed by atoms with Gasteiger partial charge in [-0.1, -0.05) is 48.2 Å². The molecule has 178 valence electrons. The lowest BCUT2D eigenvalue weighted by molar-refractivity contribution is -0.113. The minimum Gasteiger partial charge on any atom is -0.490 e. The number of thioether (sulfide) groups is 1. The number of carbonyl (C=O) groups is 1. The van der Waals surface area contributed by atoms with Crippen molar-refractivity contribution >= 4 is 61.9 Å². The first-order chi connectivity index (χ1) is 17.0. The smallest absolute Gasteiger partial charge is 0.270 e. The molecule has 0 atom stereocenters. The fourth-order valence-corrected chi connectivity index (χ4v) is 5.55. The third-order valence-electron chi connectivity index (χ3n) is 5.26. The number of fused-ring (bicyclic) bond motifs is 1. The Morgan fingerprint density at radius 1 is 1.09 bits per heavy atom. The lowest BCUT2D eigenvalue weighted by Crippen LogP contribution is -2.27. The minimum absolute atomic E-state index is 0.150. The van der Waals surface area contributed by atoms with E-state index in [0.29, 0.717) is 44.2 Å². The average Bonchev–Trinajstić information content (AvgIpc) is 3.42. The quantitative estimate of drug-likeness (QED) is 0.236. The van der Waals surface area contributed by atoms with E-state index in [9.17, 15) is 4.79 Å². The highest BCUT2D eigenvalue weighted by molar-refractivity contribution is 9.10. The van der Waals surface area contributed by atoms with Crippen LogP contribution in [0.4, 0.5) is 5.69 Å². The molecule has 0 bridgehead atoms. The summed E-state index contributed by atoms with van der Waals surface area (Å²) in [6.07, 6.45) is 1.82. The average molecular weight is 570 g/mol. The maximum atomic E-state index is 13.1. The summed E-state index contributed by atoms with van der Waals surface area (Å²) in [7, 11) is 0. The number of nitrogens with zero attached hydrogens (tertiary/aromatic N) is 1. The van der Waals surface area contributed by atoms with Gasteiger partial charge in [-0.2, -0.15) is 0 Å². The second-order valence-corrected chi connectivity index (χ2v) is 10.1. The van der Waals surface area contributed by atoms with Crippen molar-refractivity contribution in [3.8, 4) is 23.0 Å². The number of para-hydroxylation sites is 1. The summed E-state index contributed by atoms with van der Waals surface area (Å²) in [5, 5.41) is 0. The van der Waals surface area contributed by atoms with Gasteiger partial charge in [0.1, 0.15) is 6.61 Å². The number of rotatable bonds is 7. The summed E-state index contributed by atoms with van der Waals surface area (Å²) in [4.78, 5) is 15.2. The highest BCUT2D eigenvalue weighted by Gasteiger charge is 2.33. The highest BCUT2D eigenvalue weighted by atomic mass is 79.9. The number of carbonyl (C=O) groups excluding carboxylic acids is 1. The van der Waals surface area contributed by atoms with Gasteiger partial charge in [-0.05, 0) is 76.5 Å². The van der Waals surface area contributed by atoms with E-state index in [2.05, 4.69) is 15.9 Å². The summed E-state index contributed by atoms with van der Waals surface area (Å²) >= 11 is 10.4. The Labute approximate surface area is 220 Å². The van der Waals surface area contributed by atoms with Crippen molar-refractivity contribution in [2.24, 2.45) is 0 Å². The van der Waals surface area contributed by atoms with Crippen LogP contribution in [0, 0.1) is 0 Å². The molecule has 0 unspecified atom stereocenters. The van der Waals surface area contributed by atoms with Gasteiger partial charge in [-0.25, -0.2) is 0 Å². The summed E-state index contributed by atoms with van der Waals surface area (Å²) in [5.74, 6) is 2.44. The van der Waals surface area contributed by atoms with Gasteiger partial charge in [0, 0.05) is 0 Å². The Bertz CT molecular complexity index is 1330. The van der Waals surface area contributed by atoms with E-state index in [1.165, 1.54) is 11.8 Å². The number of benzene rings is 3.